The highest BCUT2D eigenvalue weighted by atomic mass is 15.1. The molecule has 3 aromatic rings. The van der Waals surface area contributed by atoms with Crippen molar-refractivity contribution in [2.45, 2.75) is 46.2 Å². The van der Waals surface area contributed by atoms with Crippen LogP contribution < -0.4 is 0 Å². The first kappa shape index (κ1) is 16.4. The van der Waals surface area contributed by atoms with Crippen molar-refractivity contribution in [1.29, 1.82) is 0 Å². The summed E-state index contributed by atoms with van der Waals surface area (Å²) in [6.45, 7) is 8.99. The molecule has 2 aromatic carbocycles. The molecule has 130 valence electrons. The highest BCUT2D eigenvalue weighted by Gasteiger charge is 2.27. The summed E-state index contributed by atoms with van der Waals surface area (Å²) in [5, 5.41) is 1.46. The molecule has 1 aliphatic rings. The van der Waals surface area contributed by atoms with Crippen molar-refractivity contribution in [2.24, 2.45) is 0 Å². The largest absolute Gasteiger partial charge is 0.344 e. The van der Waals surface area contributed by atoms with E-state index in [1.54, 1.807) is 11.3 Å². The lowest BCUT2D eigenvalue weighted by atomic mass is 9.97. The summed E-state index contributed by atoms with van der Waals surface area (Å²) < 4.78 is 2.60. The van der Waals surface area contributed by atoms with Gasteiger partial charge in [0.25, 0.3) is 0 Å². The number of likely N-dealkylation sites (N-methyl/N-ethyl adjacent to an activating group) is 1. The Morgan fingerprint density at radius 3 is 2.68 bits per heavy atom. The molecule has 0 radical (unpaired) electrons. The maximum Gasteiger partial charge on any atom is 0.0486 e. The van der Waals surface area contributed by atoms with Crippen molar-refractivity contribution in [1.82, 2.24) is 9.47 Å². The van der Waals surface area contributed by atoms with Crippen LogP contribution >= 0.6 is 0 Å². The van der Waals surface area contributed by atoms with Gasteiger partial charge in [-0.05, 0) is 63.1 Å². The van der Waals surface area contributed by atoms with Crippen LogP contribution in [0.2, 0.25) is 0 Å². The molecule has 4 rings (SSSR count). The van der Waals surface area contributed by atoms with E-state index < -0.39 is 0 Å². The molecule has 2 heteroatoms. The standard InChI is InChI=1S/C23H28N2/c1-16-9-10-21-20(15-16)23-18(3)24(4)13-12-22(23)25(21)14-11-19-8-6-5-7-17(19)2/h5-10,15,18H,11-14H2,1-4H3. The predicted molar refractivity (Wildman–Crippen MR) is 106 cm³/mol. The van der Waals surface area contributed by atoms with Crippen LogP contribution in [0, 0.1) is 13.8 Å². The number of hydrogen-bond acceptors (Lipinski definition) is 1. The van der Waals surface area contributed by atoms with E-state index in [1.807, 2.05) is 0 Å². The minimum absolute atomic E-state index is 0.493. The first-order chi connectivity index (χ1) is 12.1. The molecule has 0 aliphatic carbocycles. The lowest BCUT2D eigenvalue weighted by Gasteiger charge is -2.31. The van der Waals surface area contributed by atoms with Gasteiger partial charge in [0.05, 0.1) is 0 Å². The number of fused-ring (bicyclic) bond motifs is 3. The summed E-state index contributed by atoms with van der Waals surface area (Å²) in [5.74, 6) is 0. The van der Waals surface area contributed by atoms with E-state index in [1.165, 1.54) is 27.6 Å². The molecule has 0 amide bonds. The third-order valence-electron chi connectivity index (χ3n) is 6.02. The van der Waals surface area contributed by atoms with Gasteiger partial charge in [0, 0.05) is 42.1 Å². The first-order valence-corrected chi connectivity index (χ1v) is 9.42. The van der Waals surface area contributed by atoms with Crippen molar-refractivity contribution in [3.8, 4) is 0 Å². The molecule has 1 aliphatic heterocycles. The number of aryl methyl sites for hydroxylation is 4. The second-order valence-corrected chi connectivity index (χ2v) is 7.62. The highest BCUT2D eigenvalue weighted by molar-refractivity contribution is 5.87. The highest BCUT2D eigenvalue weighted by Crippen LogP contribution is 2.37. The molecule has 2 heterocycles. The Hall–Kier alpha value is -2.06. The van der Waals surface area contributed by atoms with E-state index in [-0.39, 0.29) is 0 Å². The van der Waals surface area contributed by atoms with Crippen molar-refractivity contribution in [2.75, 3.05) is 13.6 Å². The topological polar surface area (TPSA) is 8.17 Å². The number of benzene rings is 2. The molecule has 2 nitrogen and oxygen atoms in total. The van der Waals surface area contributed by atoms with E-state index in [0.717, 1.165) is 25.9 Å². The molecule has 0 fully saturated rings. The number of aromatic nitrogens is 1. The number of nitrogens with zero attached hydrogens (tertiary/aromatic N) is 2. The van der Waals surface area contributed by atoms with Crippen LogP contribution in [0.3, 0.4) is 0 Å². The third kappa shape index (κ3) is 2.79. The molecule has 1 aromatic heterocycles. The molecule has 1 atom stereocenters. The Morgan fingerprint density at radius 1 is 1.08 bits per heavy atom. The van der Waals surface area contributed by atoms with E-state index in [0.29, 0.717) is 6.04 Å². The monoisotopic (exact) mass is 332 g/mol. The Balaban J connectivity index is 1.80. The average molecular weight is 332 g/mol. The van der Waals surface area contributed by atoms with Gasteiger partial charge in [-0.25, -0.2) is 0 Å². The minimum atomic E-state index is 0.493. The SMILES string of the molecule is Cc1ccc2c(c1)c1c(n2CCc2ccccc2C)CCN(C)C1C. The second kappa shape index (κ2) is 6.34. The molecule has 0 N–H and O–H groups in total. The van der Waals surface area contributed by atoms with E-state index in [4.69, 9.17) is 0 Å². The molecule has 0 saturated carbocycles. The molecule has 0 saturated heterocycles. The smallest absolute Gasteiger partial charge is 0.0486 e. The Morgan fingerprint density at radius 2 is 1.88 bits per heavy atom. The lowest BCUT2D eigenvalue weighted by Crippen LogP contribution is -2.31. The Bertz CT molecular complexity index is 919. The lowest BCUT2D eigenvalue weighted by molar-refractivity contribution is 0.245. The molecular formula is C23H28N2. The van der Waals surface area contributed by atoms with Gasteiger partial charge in [0.15, 0.2) is 0 Å². The van der Waals surface area contributed by atoms with Crippen LogP contribution in [0.5, 0.6) is 0 Å². The minimum Gasteiger partial charge on any atom is -0.344 e. The van der Waals surface area contributed by atoms with Gasteiger partial charge in [0.1, 0.15) is 0 Å². The van der Waals surface area contributed by atoms with Gasteiger partial charge in [-0.3, -0.25) is 4.90 Å². The Kier molecular flexibility index (Phi) is 4.16. The zero-order valence-corrected chi connectivity index (χ0v) is 15.8. The van der Waals surface area contributed by atoms with E-state index in [2.05, 4.69) is 79.8 Å². The maximum absolute atomic E-state index is 2.60. The zero-order valence-electron chi connectivity index (χ0n) is 15.8. The number of hydrogen-bond donors (Lipinski definition) is 0. The van der Waals surface area contributed by atoms with Crippen molar-refractivity contribution < 1.29 is 0 Å². The van der Waals surface area contributed by atoms with Crippen molar-refractivity contribution >= 4 is 10.9 Å². The normalized spacial score (nSPS) is 17.8. The first-order valence-electron chi connectivity index (χ1n) is 9.42. The van der Waals surface area contributed by atoms with Gasteiger partial charge in [-0.2, -0.15) is 0 Å². The van der Waals surface area contributed by atoms with Crippen molar-refractivity contribution in [3.63, 3.8) is 0 Å². The zero-order chi connectivity index (χ0) is 17.6. The fourth-order valence-electron chi connectivity index (χ4n) is 4.36. The van der Waals surface area contributed by atoms with Crippen molar-refractivity contribution in [3.05, 3.63) is 70.4 Å². The maximum atomic E-state index is 2.60. The summed E-state index contributed by atoms with van der Waals surface area (Å²) in [6.07, 6.45) is 2.25. The predicted octanol–water partition coefficient (Wildman–Crippen LogP) is 5.05. The summed E-state index contributed by atoms with van der Waals surface area (Å²) in [5.41, 5.74) is 8.73. The average Bonchev–Trinajstić information content (AvgIpc) is 2.91. The Labute approximate surface area is 151 Å². The van der Waals surface area contributed by atoms with E-state index in [9.17, 15) is 0 Å². The van der Waals surface area contributed by atoms with Crippen LogP contribution in [0.15, 0.2) is 42.5 Å². The van der Waals surface area contributed by atoms with Gasteiger partial charge in [0.2, 0.25) is 0 Å². The van der Waals surface area contributed by atoms with Crippen LogP contribution in [0.1, 0.15) is 40.9 Å². The quantitative estimate of drug-likeness (QED) is 0.651. The van der Waals surface area contributed by atoms with Gasteiger partial charge >= 0.3 is 0 Å². The fourth-order valence-corrected chi connectivity index (χ4v) is 4.36. The summed E-state index contributed by atoms with van der Waals surface area (Å²) >= 11 is 0. The van der Waals surface area contributed by atoms with Crippen LogP contribution in [-0.4, -0.2) is 23.1 Å². The van der Waals surface area contributed by atoms with Gasteiger partial charge < -0.3 is 4.57 Å². The molecule has 25 heavy (non-hydrogen) atoms. The molecular weight excluding hydrogens is 304 g/mol. The van der Waals surface area contributed by atoms with E-state index >= 15 is 0 Å². The van der Waals surface area contributed by atoms with Crippen LogP contribution in [-0.2, 0) is 19.4 Å². The molecule has 1 unspecified atom stereocenters. The fraction of sp³-hybridized carbons (Fsp3) is 0.391. The van der Waals surface area contributed by atoms with Crippen LogP contribution in [0.25, 0.3) is 10.9 Å². The summed E-state index contributed by atoms with van der Waals surface area (Å²) in [6, 6.07) is 16.2. The summed E-state index contributed by atoms with van der Waals surface area (Å²) in [4.78, 5) is 2.48. The molecule has 0 bridgehead atoms. The summed E-state index contributed by atoms with van der Waals surface area (Å²) in [7, 11) is 2.25. The van der Waals surface area contributed by atoms with Gasteiger partial charge in [-0.15, -0.1) is 0 Å². The van der Waals surface area contributed by atoms with Gasteiger partial charge in [-0.1, -0.05) is 35.9 Å². The second-order valence-electron chi connectivity index (χ2n) is 7.62. The number of rotatable bonds is 3. The van der Waals surface area contributed by atoms with Crippen LogP contribution in [0.4, 0.5) is 0 Å². The molecule has 0 spiro atoms. The third-order valence-corrected chi connectivity index (χ3v) is 6.02.